The molecule has 2 atom stereocenters. The van der Waals surface area contributed by atoms with Gasteiger partial charge in [-0.2, -0.15) is 0 Å². The first-order valence-electron chi connectivity index (χ1n) is 9.74. The molecule has 2 aliphatic heterocycles. The molecule has 0 unspecified atom stereocenters. The minimum Gasteiger partial charge on any atom is -0.506 e. The van der Waals surface area contributed by atoms with Crippen LogP contribution >= 0.6 is 22.4 Å². The molecule has 2 fully saturated rings. The van der Waals surface area contributed by atoms with Crippen molar-refractivity contribution in [3.05, 3.63) is 58.9 Å². The third kappa shape index (κ3) is 3.94. The van der Waals surface area contributed by atoms with Crippen LogP contribution in [0, 0.1) is 5.82 Å². The Balaban J connectivity index is 1.56. The molecule has 8 heteroatoms. The van der Waals surface area contributed by atoms with Crippen molar-refractivity contribution < 1.29 is 18.6 Å². The summed E-state index contributed by atoms with van der Waals surface area (Å²) in [7, 11) is -2.97. The van der Waals surface area contributed by atoms with Gasteiger partial charge in [0.25, 0.3) is 0 Å². The van der Waals surface area contributed by atoms with E-state index in [1.165, 1.54) is 12.1 Å². The van der Waals surface area contributed by atoms with Crippen LogP contribution in [-0.4, -0.2) is 43.0 Å². The summed E-state index contributed by atoms with van der Waals surface area (Å²) in [5, 5.41) is 9.96. The maximum atomic E-state index is 13.9. The number of piperidine rings is 1. The van der Waals surface area contributed by atoms with Crippen molar-refractivity contribution in [2.24, 2.45) is 0 Å². The van der Waals surface area contributed by atoms with E-state index in [0.29, 0.717) is 29.4 Å². The maximum Gasteiger partial charge on any atom is 0.134 e. The second-order valence-electron chi connectivity index (χ2n) is 8.14. The summed E-state index contributed by atoms with van der Waals surface area (Å²) >= 11 is 6.04. The van der Waals surface area contributed by atoms with E-state index in [1.807, 2.05) is 6.07 Å². The van der Waals surface area contributed by atoms with Gasteiger partial charge in [-0.1, -0.05) is 23.7 Å². The van der Waals surface area contributed by atoms with Gasteiger partial charge < -0.3 is 5.11 Å². The van der Waals surface area contributed by atoms with E-state index in [0.717, 1.165) is 24.9 Å². The fourth-order valence-corrected chi connectivity index (χ4v) is 7.13. The Morgan fingerprint density at radius 3 is 2.69 bits per heavy atom. The predicted octanol–water partition coefficient (Wildman–Crippen LogP) is 5.48. The molecule has 3 N–H and O–H groups in total. The van der Waals surface area contributed by atoms with Gasteiger partial charge in [-0.05, 0) is 62.1 Å². The summed E-state index contributed by atoms with van der Waals surface area (Å²) in [4.78, 5) is 2.34. The Kier molecular flexibility index (Phi) is 5.46. The molecule has 0 radical (unpaired) electrons. The molecule has 0 aliphatic carbocycles. The van der Waals surface area contributed by atoms with Crippen LogP contribution in [0.15, 0.2) is 42.5 Å². The molecule has 2 aromatic rings. The monoisotopic (exact) mass is 440 g/mol. The minimum atomic E-state index is -2.97. The molecule has 2 saturated heterocycles. The van der Waals surface area contributed by atoms with Gasteiger partial charge in [-0.25, -0.2) is 4.39 Å². The Hall–Kier alpha value is -1.51. The summed E-state index contributed by atoms with van der Waals surface area (Å²) in [6, 6.07) is 11.6. The first-order valence-corrected chi connectivity index (χ1v) is 11.8. The van der Waals surface area contributed by atoms with Gasteiger partial charge in [-0.3, -0.25) is 18.3 Å². The highest BCUT2D eigenvalue weighted by Gasteiger charge is 2.52. The first kappa shape index (κ1) is 20.8. The SMILES string of the molecule is C[C@H]1C[C@]2(CCN1Cc1ccc(O)c(Cl)c1)CCS(O)(O)N2c1cccc(F)c1. The van der Waals surface area contributed by atoms with Gasteiger partial charge in [-0.15, -0.1) is 10.8 Å². The number of nitrogens with zero attached hydrogens (tertiary/aromatic N) is 2. The van der Waals surface area contributed by atoms with Crippen LogP contribution in [-0.2, 0) is 6.54 Å². The van der Waals surface area contributed by atoms with Crippen molar-refractivity contribution in [2.45, 2.75) is 44.3 Å². The van der Waals surface area contributed by atoms with Crippen LogP contribution in [0.4, 0.5) is 10.1 Å². The smallest absolute Gasteiger partial charge is 0.134 e. The predicted molar refractivity (Wildman–Crippen MR) is 116 cm³/mol. The van der Waals surface area contributed by atoms with E-state index >= 15 is 0 Å². The highest BCUT2D eigenvalue weighted by molar-refractivity contribution is 8.25. The molecular weight excluding hydrogens is 415 g/mol. The van der Waals surface area contributed by atoms with Gasteiger partial charge in [0.2, 0.25) is 0 Å². The molecule has 5 nitrogen and oxygen atoms in total. The molecule has 1 spiro atoms. The summed E-state index contributed by atoms with van der Waals surface area (Å²) in [5.74, 6) is 0.00137. The lowest BCUT2D eigenvalue weighted by molar-refractivity contribution is 0.102. The van der Waals surface area contributed by atoms with Gasteiger partial charge in [0.05, 0.1) is 22.0 Å². The van der Waals surface area contributed by atoms with Gasteiger partial charge in [0, 0.05) is 19.1 Å². The van der Waals surface area contributed by atoms with E-state index in [1.54, 1.807) is 28.6 Å². The third-order valence-electron chi connectivity index (χ3n) is 6.17. The number of anilines is 1. The van der Waals surface area contributed by atoms with E-state index in [-0.39, 0.29) is 17.6 Å². The molecule has 2 aliphatic rings. The summed E-state index contributed by atoms with van der Waals surface area (Å²) < 4.78 is 37.1. The van der Waals surface area contributed by atoms with E-state index < -0.39 is 16.3 Å². The quantitative estimate of drug-likeness (QED) is 0.589. The first-order chi connectivity index (χ1) is 13.7. The van der Waals surface area contributed by atoms with Crippen molar-refractivity contribution in [1.29, 1.82) is 0 Å². The Bertz CT molecular complexity index is 915. The third-order valence-corrected chi connectivity index (χ3v) is 8.41. The van der Waals surface area contributed by atoms with E-state index in [4.69, 9.17) is 11.6 Å². The molecular formula is C21H26ClFN2O3S. The minimum absolute atomic E-state index is 0.0722. The van der Waals surface area contributed by atoms with Crippen LogP contribution in [0.25, 0.3) is 0 Å². The highest BCUT2D eigenvalue weighted by Crippen LogP contribution is 2.61. The lowest BCUT2D eigenvalue weighted by Gasteiger charge is -2.52. The number of hydrogen-bond acceptors (Lipinski definition) is 5. The normalized spacial score (nSPS) is 28.0. The number of rotatable bonds is 3. The van der Waals surface area contributed by atoms with Crippen LogP contribution in [0.3, 0.4) is 0 Å². The molecule has 4 rings (SSSR count). The molecule has 2 heterocycles. The molecule has 0 bridgehead atoms. The van der Waals surface area contributed by atoms with Crippen molar-refractivity contribution in [1.82, 2.24) is 4.90 Å². The molecule has 0 saturated carbocycles. The number of aromatic hydroxyl groups is 1. The topological polar surface area (TPSA) is 67.2 Å². The Morgan fingerprint density at radius 2 is 2.00 bits per heavy atom. The van der Waals surface area contributed by atoms with Crippen LogP contribution in [0.5, 0.6) is 5.75 Å². The average Bonchev–Trinajstić information content (AvgIpc) is 2.91. The van der Waals surface area contributed by atoms with Crippen molar-refractivity contribution >= 4 is 28.1 Å². The van der Waals surface area contributed by atoms with E-state index in [9.17, 15) is 18.6 Å². The lowest BCUT2D eigenvalue weighted by Crippen LogP contribution is -2.55. The van der Waals surface area contributed by atoms with Gasteiger partial charge >= 0.3 is 0 Å². The fraction of sp³-hybridized carbons (Fsp3) is 0.429. The van der Waals surface area contributed by atoms with Gasteiger partial charge in [0.1, 0.15) is 11.6 Å². The maximum absolute atomic E-state index is 13.9. The van der Waals surface area contributed by atoms with Gasteiger partial charge in [0.15, 0.2) is 0 Å². The van der Waals surface area contributed by atoms with Crippen LogP contribution in [0.1, 0.15) is 31.7 Å². The second-order valence-corrected chi connectivity index (χ2v) is 10.6. The molecule has 29 heavy (non-hydrogen) atoms. The Labute approximate surface area is 177 Å². The number of halogens is 2. The zero-order chi connectivity index (χ0) is 20.8. The molecule has 2 aromatic carbocycles. The van der Waals surface area contributed by atoms with E-state index in [2.05, 4.69) is 11.8 Å². The lowest BCUT2D eigenvalue weighted by atomic mass is 9.81. The van der Waals surface area contributed by atoms with Crippen LogP contribution < -0.4 is 4.31 Å². The number of hydrogen-bond donors (Lipinski definition) is 3. The highest BCUT2D eigenvalue weighted by atomic mass is 35.5. The Morgan fingerprint density at radius 1 is 1.21 bits per heavy atom. The molecule has 0 amide bonds. The zero-order valence-corrected chi connectivity index (χ0v) is 17.8. The number of phenolic OH excluding ortho intramolecular Hbond substituents is 1. The number of benzene rings is 2. The number of phenols is 1. The van der Waals surface area contributed by atoms with Crippen molar-refractivity contribution in [3.63, 3.8) is 0 Å². The number of likely N-dealkylation sites (tertiary alicyclic amines) is 1. The fourth-order valence-electron chi connectivity index (χ4n) is 4.76. The van der Waals surface area contributed by atoms with Crippen LogP contribution in [0.2, 0.25) is 5.02 Å². The largest absolute Gasteiger partial charge is 0.506 e. The summed E-state index contributed by atoms with van der Waals surface area (Å²) in [6.45, 7) is 3.62. The van der Waals surface area contributed by atoms with Crippen molar-refractivity contribution in [3.8, 4) is 5.75 Å². The molecule has 158 valence electrons. The summed E-state index contributed by atoms with van der Waals surface area (Å²) in [6.07, 6.45) is 2.19. The summed E-state index contributed by atoms with van der Waals surface area (Å²) in [5.41, 5.74) is 1.16. The second kappa shape index (κ2) is 7.63. The molecule has 0 aromatic heterocycles. The average molecular weight is 441 g/mol. The van der Waals surface area contributed by atoms with Crippen molar-refractivity contribution in [2.75, 3.05) is 16.6 Å². The standard InChI is InChI=1S/C21H26ClFN2O3S/c1-15-13-21(7-9-24(15)14-16-5-6-20(26)19(22)11-16)8-10-29(27,28)25(21)18-4-2-3-17(23)12-18/h2-6,11-12,15,26-28H,7-10,13-14H2,1H3/t15-,21-/m0/s1. The zero-order valence-electron chi connectivity index (χ0n) is 16.3.